The number of benzene rings is 2. The van der Waals surface area contributed by atoms with Crippen LogP contribution >= 0.6 is 0 Å². The van der Waals surface area contributed by atoms with Gasteiger partial charge in [-0.05, 0) is 18.9 Å². The highest BCUT2D eigenvalue weighted by molar-refractivity contribution is 5.14. The van der Waals surface area contributed by atoms with Gasteiger partial charge in [0.15, 0.2) is 0 Å². The second-order valence-corrected chi connectivity index (χ2v) is 7.00. The minimum atomic E-state index is 0.772. The fourth-order valence-electron chi connectivity index (χ4n) is 3.71. The van der Waals surface area contributed by atoms with Crippen LogP contribution in [0.4, 0.5) is 0 Å². The lowest BCUT2D eigenvalue weighted by molar-refractivity contribution is -1.03. The van der Waals surface area contributed by atoms with Gasteiger partial charge in [0.2, 0.25) is 0 Å². The molecule has 2 aromatic rings. The highest BCUT2D eigenvalue weighted by atomic mass is 15.3. The minimum absolute atomic E-state index is 0.772. The molecule has 2 heteroatoms. The van der Waals surface area contributed by atoms with E-state index in [9.17, 15) is 0 Å². The Morgan fingerprint density at radius 3 is 1.96 bits per heavy atom. The molecule has 0 unspecified atom stereocenters. The van der Waals surface area contributed by atoms with Crippen LogP contribution in [0.3, 0.4) is 0 Å². The first kappa shape index (κ1) is 16.2. The number of rotatable bonds is 6. The van der Waals surface area contributed by atoms with Crippen LogP contribution in [0.15, 0.2) is 60.7 Å². The van der Waals surface area contributed by atoms with Crippen LogP contribution in [0.2, 0.25) is 0 Å². The van der Waals surface area contributed by atoms with Crippen molar-refractivity contribution in [1.29, 1.82) is 0 Å². The largest absolute Gasteiger partial charge is 0.323 e. The van der Waals surface area contributed by atoms with Crippen molar-refractivity contribution in [3.63, 3.8) is 0 Å². The highest BCUT2D eigenvalue weighted by Gasteiger charge is 2.26. The highest BCUT2D eigenvalue weighted by Crippen LogP contribution is 2.03. The van der Waals surface area contributed by atoms with Crippen molar-refractivity contribution in [2.45, 2.75) is 32.4 Å². The summed E-state index contributed by atoms with van der Waals surface area (Å²) in [4.78, 5) is 3.55. The molecule has 23 heavy (non-hydrogen) atoms. The number of aryl methyl sites for hydroxylation is 1. The van der Waals surface area contributed by atoms with Gasteiger partial charge < -0.3 is 9.80 Å². The molecule has 1 aliphatic heterocycles. The fourth-order valence-corrected chi connectivity index (χ4v) is 3.71. The van der Waals surface area contributed by atoms with Crippen molar-refractivity contribution in [2.24, 2.45) is 0 Å². The van der Waals surface area contributed by atoms with Crippen molar-refractivity contribution in [3.05, 3.63) is 71.8 Å². The maximum absolute atomic E-state index is 2.43. The monoisotopic (exact) mass is 310 g/mol. The molecule has 2 nitrogen and oxygen atoms in total. The van der Waals surface area contributed by atoms with E-state index in [1.54, 1.807) is 9.80 Å². The van der Waals surface area contributed by atoms with E-state index in [1.165, 1.54) is 56.7 Å². The number of hydrogen-bond donors (Lipinski definition) is 2. The van der Waals surface area contributed by atoms with E-state index in [-0.39, 0.29) is 0 Å². The van der Waals surface area contributed by atoms with Gasteiger partial charge in [0, 0.05) is 12.0 Å². The summed E-state index contributed by atoms with van der Waals surface area (Å²) in [5.41, 5.74) is 2.95. The zero-order chi connectivity index (χ0) is 15.9. The van der Waals surface area contributed by atoms with Crippen LogP contribution in [-0.2, 0) is 13.0 Å². The molecule has 0 aliphatic carbocycles. The molecule has 0 amide bonds. The molecule has 1 fully saturated rings. The molecule has 0 spiro atoms. The van der Waals surface area contributed by atoms with Crippen LogP contribution in [0.25, 0.3) is 0 Å². The summed E-state index contributed by atoms with van der Waals surface area (Å²) in [5, 5.41) is 0. The van der Waals surface area contributed by atoms with Crippen LogP contribution in [0, 0.1) is 0 Å². The average molecular weight is 310 g/mol. The summed E-state index contributed by atoms with van der Waals surface area (Å²) in [6.45, 7) is 8.86. The fraction of sp³-hybridized carbons (Fsp3) is 0.429. The van der Waals surface area contributed by atoms with Crippen LogP contribution in [0.5, 0.6) is 0 Å². The number of piperazine rings is 1. The average Bonchev–Trinajstić information content (AvgIpc) is 2.62. The summed E-state index contributed by atoms with van der Waals surface area (Å²) in [6, 6.07) is 22.6. The maximum Gasteiger partial charge on any atom is 0.127 e. The topological polar surface area (TPSA) is 8.88 Å². The van der Waals surface area contributed by atoms with Crippen molar-refractivity contribution >= 4 is 0 Å². The van der Waals surface area contributed by atoms with Gasteiger partial charge in [0.05, 0.1) is 6.04 Å². The van der Waals surface area contributed by atoms with Crippen molar-refractivity contribution < 1.29 is 9.80 Å². The van der Waals surface area contributed by atoms with Gasteiger partial charge in [-0.1, -0.05) is 60.7 Å². The number of hydrogen-bond acceptors (Lipinski definition) is 0. The summed E-state index contributed by atoms with van der Waals surface area (Å²) >= 11 is 0. The van der Waals surface area contributed by atoms with E-state index in [0.717, 1.165) is 6.04 Å². The van der Waals surface area contributed by atoms with E-state index in [1.807, 2.05) is 0 Å². The quantitative estimate of drug-likeness (QED) is 0.787. The van der Waals surface area contributed by atoms with E-state index in [2.05, 4.69) is 67.6 Å². The van der Waals surface area contributed by atoms with E-state index in [0.29, 0.717) is 0 Å². The zero-order valence-corrected chi connectivity index (χ0v) is 14.3. The Labute approximate surface area is 140 Å². The second-order valence-electron chi connectivity index (χ2n) is 7.00. The van der Waals surface area contributed by atoms with Crippen molar-refractivity contribution in [3.8, 4) is 0 Å². The van der Waals surface area contributed by atoms with E-state index in [4.69, 9.17) is 0 Å². The van der Waals surface area contributed by atoms with Gasteiger partial charge in [0.25, 0.3) is 0 Å². The van der Waals surface area contributed by atoms with Crippen molar-refractivity contribution in [2.75, 3.05) is 26.2 Å². The lowest BCUT2D eigenvalue weighted by Crippen LogP contribution is -3.29. The number of nitrogens with one attached hydrogen (secondary N) is 2. The van der Waals surface area contributed by atoms with Gasteiger partial charge in [0.1, 0.15) is 32.7 Å². The molecule has 2 aromatic carbocycles. The third kappa shape index (κ3) is 4.92. The molecular formula is C21H30N2+2. The van der Waals surface area contributed by atoms with E-state index >= 15 is 0 Å². The third-order valence-electron chi connectivity index (χ3n) is 5.30. The smallest absolute Gasteiger partial charge is 0.127 e. The van der Waals surface area contributed by atoms with Gasteiger partial charge in [-0.15, -0.1) is 0 Å². The Morgan fingerprint density at radius 2 is 1.35 bits per heavy atom. The first-order chi connectivity index (χ1) is 11.3. The summed E-state index contributed by atoms with van der Waals surface area (Å²) in [5.74, 6) is 0. The Bertz CT molecular complexity index is 559. The van der Waals surface area contributed by atoms with Crippen LogP contribution in [-0.4, -0.2) is 32.2 Å². The van der Waals surface area contributed by atoms with Gasteiger partial charge >= 0.3 is 0 Å². The molecule has 0 radical (unpaired) electrons. The minimum Gasteiger partial charge on any atom is -0.323 e. The Morgan fingerprint density at radius 1 is 0.783 bits per heavy atom. The maximum atomic E-state index is 2.43. The lowest BCUT2D eigenvalue weighted by Gasteiger charge is -2.33. The first-order valence-electron chi connectivity index (χ1n) is 9.07. The molecule has 1 atom stereocenters. The van der Waals surface area contributed by atoms with Crippen molar-refractivity contribution in [1.82, 2.24) is 0 Å². The van der Waals surface area contributed by atoms with E-state index < -0.39 is 0 Å². The molecule has 0 aromatic heterocycles. The van der Waals surface area contributed by atoms with Gasteiger partial charge in [-0.3, -0.25) is 0 Å². The molecule has 0 saturated carbocycles. The number of quaternary nitrogens is 2. The molecule has 3 rings (SSSR count). The molecule has 1 saturated heterocycles. The third-order valence-corrected chi connectivity index (χ3v) is 5.30. The standard InChI is InChI=1S/C21H28N2/c1-19(12-13-20-8-4-2-5-9-20)23-16-14-22(15-17-23)18-21-10-6-3-7-11-21/h2-11,19H,12-18H2,1H3/p+2/t19-/m1/s1. The SMILES string of the molecule is C[C@H](CCc1ccccc1)[NH+]1CC[NH+](Cc2ccccc2)CC1. The first-order valence-corrected chi connectivity index (χ1v) is 9.07. The molecule has 2 N–H and O–H groups in total. The second kappa shape index (κ2) is 8.28. The predicted molar refractivity (Wildman–Crippen MR) is 95.8 cm³/mol. The van der Waals surface area contributed by atoms with Crippen LogP contribution < -0.4 is 9.80 Å². The lowest BCUT2D eigenvalue weighted by atomic mass is 10.0. The predicted octanol–water partition coefficient (Wildman–Crippen LogP) is 0.991. The van der Waals surface area contributed by atoms with Crippen LogP contribution in [0.1, 0.15) is 24.5 Å². The zero-order valence-electron chi connectivity index (χ0n) is 14.3. The molecule has 1 aliphatic rings. The Balaban J connectivity index is 1.41. The Hall–Kier alpha value is -1.64. The molecular weight excluding hydrogens is 280 g/mol. The molecule has 0 bridgehead atoms. The molecule has 122 valence electrons. The Kier molecular flexibility index (Phi) is 5.84. The molecule has 1 heterocycles. The van der Waals surface area contributed by atoms with Gasteiger partial charge in [-0.25, -0.2) is 0 Å². The summed E-state index contributed by atoms with van der Waals surface area (Å²) in [6.07, 6.45) is 2.51. The van der Waals surface area contributed by atoms with Gasteiger partial charge in [-0.2, -0.15) is 0 Å². The summed E-state index contributed by atoms with van der Waals surface area (Å²) in [7, 11) is 0. The summed E-state index contributed by atoms with van der Waals surface area (Å²) < 4.78 is 0. The normalized spacial score (nSPS) is 22.7.